The highest BCUT2D eigenvalue weighted by Gasteiger charge is 2.05. The van der Waals surface area contributed by atoms with Gasteiger partial charge in [-0.25, -0.2) is 0 Å². The Balaban J connectivity index is 2.77. The second-order valence-corrected chi connectivity index (χ2v) is 4.39. The number of aliphatic imine (C=N–C) groups is 1. The van der Waals surface area contributed by atoms with Crippen molar-refractivity contribution in [2.24, 2.45) is 4.99 Å². The molecule has 0 aliphatic carbocycles. The number of ether oxygens (including phenoxy) is 1. The third-order valence-electron chi connectivity index (χ3n) is 1.87. The van der Waals surface area contributed by atoms with E-state index in [1.165, 1.54) is 0 Å². The molecule has 0 aliphatic rings. The van der Waals surface area contributed by atoms with Crippen LogP contribution in [0.4, 0.5) is 0 Å². The highest BCUT2D eigenvalue weighted by Crippen LogP contribution is 2.21. The van der Waals surface area contributed by atoms with Gasteiger partial charge in [0.2, 0.25) is 0 Å². The lowest BCUT2D eigenvalue weighted by Gasteiger charge is -2.07. The summed E-state index contributed by atoms with van der Waals surface area (Å²) in [6.45, 7) is 7.31. The molecule has 3 heteroatoms. The molecule has 2 nitrogen and oxygen atoms in total. The van der Waals surface area contributed by atoms with Crippen molar-refractivity contribution in [2.75, 3.05) is 20.3 Å². The predicted molar refractivity (Wildman–Crippen MR) is 72.1 cm³/mol. The zero-order valence-corrected chi connectivity index (χ0v) is 10.6. The van der Waals surface area contributed by atoms with E-state index >= 15 is 0 Å². The maximum Gasteiger partial charge on any atom is 0.102 e. The van der Waals surface area contributed by atoms with Crippen LogP contribution in [0.3, 0.4) is 0 Å². The summed E-state index contributed by atoms with van der Waals surface area (Å²) in [5.74, 6) is 0. The van der Waals surface area contributed by atoms with Gasteiger partial charge in [0.05, 0.1) is 6.61 Å². The third kappa shape index (κ3) is 4.21. The van der Waals surface area contributed by atoms with Crippen molar-refractivity contribution in [3.63, 3.8) is 0 Å². The molecule has 0 atom stereocenters. The van der Waals surface area contributed by atoms with Gasteiger partial charge in [-0.2, -0.15) is 0 Å². The Hall–Kier alpha value is -1.06. The number of nitrogens with zero attached hydrogens (tertiary/aromatic N) is 1. The van der Waals surface area contributed by atoms with Gasteiger partial charge in [0.25, 0.3) is 0 Å². The van der Waals surface area contributed by atoms with Gasteiger partial charge in [-0.3, -0.25) is 4.99 Å². The van der Waals surface area contributed by atoms with Crippen LogP contribution in [0, 0.1) is 0 Å². The molecule has 1 aromatic rings. The Morgan fingerprint density at radius 1 is 1.38 bits per heavy atom. The topological polar surface area (TPSA) is 21.6 Å². The fraction of sp³-hybridized carbons (Fsp3) is 0.308. The molecular weight excluding hydrogens is 218 g/mol. The van der Waals surface area contributed by atoms with E-state index in [-0.39, 0.29) is 0 Å². The van der Waals surface area contributed by atoms with Gasteiger partial charge in [0.15, 0.2) is 0 Å². The summed E-state index contributed by atoms with van der Waals surface area (Å²) in [6, 6.07) is 10.1. The Bertz CT molecular complexity index is 359. The van der Waals surface area contributed by atoms with Crippen LogP contribution in [0.2, 0.25) is 0 Å². The minimum absolute atomic E-state index is 0.556. The van der Waals surface area contributed by atoms with Crippen LogP contribution < -0.4 is 0 Å². The van der Waals surface area contributed by atoms with Crippen molar-refractivity contribution < 1.29 is 4.74 Å². The van der Waals surface area contributed by atoms with Gasteiger partial charge in [0.1, 0.15) is 5.04 Å². The van der Waals surface area contributed by atoms with Crippen molar-refractivity contribution in [3.8, 4) is 0 Å². The predicted octanol–water partition coefficient (Wildman–Crippen LogP) is 3.35. The molecule has 86 valence electrons. The van der Waals surface area contributed by atoms with E-state index < -0.39 is 0 Å². The average Bonchev–Trinajstić information content (AvgIpc) is 2.30. The van der Waals surface area contributed by atoms with Gasteiger partial charge in [0, 0.05) is 24.1 Å². The molecule has 0 fully saturated rings. The zero-order chi connectivity index (χ0) is 11.8. The summed E-state index contributed by atoms with van der Waals surface area (Å²) < 4.78 is 5.04. The standard InChI is InChI=1S/C13H17NOS/c1-4-14-13(16-11(2)10-15-3)12-8-6-5-7-9-12/h5-9H,2,4,10H2,1,3H3. The van der Waals surface area contributed by atoms with Crippen molar-refractivity contribution >= 4 is 16.8 Å². The van der Waals surface area contributed by atoms with Crippen molar-refractivity contribution in [2.45, 2.75) is 6.92 Å². The number of hydrogen-bond donors (Lipinski definition) is 0. The Labute approximate surface area is 101 Å². The molecule has 0 radical (unpaired) electrons. The maximum atomic E-state index is 5.04. The van der Waals surface area contributed by atoms with E-state index in [2.05, 4.69) is 23.7 Å². The van der Waals surface area contributed by atoms with Gasteiger partial charge >= 0.3 is 0 Å². The third-order valence-corrected chi connectivity index (χ3v) is 2.83. The van der Waals surface area contributed by atoms with Crippen LogP contribution in [0.25, 0.3) is 0 Å². The molecule has 0 aliphatic heterocycles. The monoisotopic (exact) mass is 235 g/mol. The Kier molecular flexibility index (Phi) is 5.90. The number of benzene rings is 1. The average molecular weight is 235 g/mol. The molecule has 0 bridgehead atoms. The minimum atomic E-state index is 0.556. The molecule has 1 aromatic carbocycles. The number of thioether (sulfide) groups is 1. The van der Waals surface area contributed by atoms with Gasteiger partial charge in [-0.15, -0.1) is 0 Å². The molecule has 0 saturated carbocycles. The van der Waals surface area contributed by atoms with Gasteiger partial charge in [-0.1, -0.05) is 48.7 Å². The highest BCUT2D eigenvalue weighted by atomic mass is 32.2. The van der Waals surface area contributed by atoms with E-state index in [9.17, 15) is 0 Å². The summed E-state index contributed by atoms with van der Waals surface area (Å²) in [5.41, 5.74) is 1.13. The van der Waals surface area contributed by atoms with Crippen LogP contribution in [0.15, 0.2) is 46.8 Å². The maximum absolute atomic E-state index is 5.04. The van der Waals surface area contributed by atoms with E-state index in [1.807, 2.05) is 25.1 Å². The molecule has 0 unspecified atom stereocenters. The van der Waals surface area contributed by atoms with E-state index in [1.54, 1.807) is 18.9 Å². The molecular formula is C13H17NOS. The molecule has 0 amide bonds. The molecule has 0 N–H and O–H groups in total. The smallest absolute Gasteiger partial charge is 0.102 e. The highest BCUT2D eigenvalue weighted by molar-refractivity contribution is 8.17. The first-order valence-electron chi connectivity index (χ1n) is 5.22. The fourth-order valence-corrected chi connectivity index (χ4v) is 2.13. The van der Waals surface area contributed by atoms with Crippen LogP contribution in [-0.2, 0) is 4.74 Å². The van der Waals surface area contributed by atoms with E-state index in [4.69, 9.17) is 4.74 Å². The summed E-state index contributed by atoms with van der Waals surface area (Å²) in [4.78, 5) is 5.45. The zero-order valence-electron chi connectivity index (χ0n) is 9.77. The largest absolute Gasteiger partial charge is 0.379 e. The number of hydrogen-bond acceptors (Lipinski definition) is 3. The second-order valence-electron chi connectivity index (χ2n) is 3.22. The normalized spacial score (nSPS) is 11.5. The van der Waals surface area contributed by atoms with Crippen molar-refractivity contribution in [1.29, 1.82) is 0 Å². The van der Waals surface area contributed by atoms with Crippen LogP contribution in [0.5, 0.6) is 0 Å². The first-order chi connectivity index (χ1) is 7.77. The van der Waals surface area contributed by atoms with Crippen LogP contribution in [0.1, 0.15) is 12.5 Å². The lowest BCUT2D eigenvalue weighted by atomic mass is 10.2. The summed E-state index contributed by atoms with van der Waals surface area (Å²) in [5, 5.41) is 1.00. The Morgan fingerprint density at radius 2 is 2.06 bits per heavy atom. The minimum Gasteiger partial charge on any atom is -0.379 e. The first kappa shape index (κ1) is 13.0. The lowest BCUT2D eigenvalue weighted by Crippen LogP contribution is -1.99. The SMILES string of the molecule is C=C(COC)SC(=NCC)c1ccccc1. The number of rotatable bonds is 5. The Morgan fingerprint density at radius 3 is 2.62 bits per heavy atom. The summed E-state index contributed by atoms with van der Waals surface area (Å²) in [6.07, 6.45) is 0. The molecule has 16 heavy (non-hydrogen) atoms. The number of methoxy groups -OCH3 is 1. The molecule has 0 heterocycles. The van der Waals surface area contributed by atoms with Crippen LogP contribution >= 0.6 is 11.8 Å². The van der Waals surface area contributed by atoms with E-state index in [0.29, 0.717) is 6.61 Å². The van der Waals surface area contributed by atoms with Gasteiger partial charge < -0.3 is 4.74 Å². The molecule has 0 spiro atoms. The quantitative estimate of drug-likeness (QED) is 0.576. The molecule has 1 rings (SSSR count). The summed E-state index contributed by atoms with van der Waals surface area (Å²) >= 11 is 1.58. The lowest BCUT2D eigenvalue weighted by molar-refractivity contribution is 0.232. The molecule has 0 aromatic heterocycles. The van der Waals surface area contributed by atoms with E-state index in [0.717, 1.165) is 22.1 Å². The van der Waals surface area contributed by atoms with Crippen LogP contribution in [-0.4, -0.2) is 25.3 Å². The van der Waals surface area contributed by atoms with Gasteiger partial charge in [-0.05, 0) is 6.92 Å². The van der Waals surface area contributed by atoms with Crippen molar-refractivity contribution in [1.82, 2.24) is 0 Å². The molecule has 0 saturated heterocycles. The fourth-order valence-electron chi connectivity index (χ4n) is 1.23. The first-order valence-corrected chi connectivity index (χ1v) is 6.04. The summed E-state index contributed by atoms with van der Waals surface area (Å²) in [7, 11) is 1.67. The second kappa shape index (κ2) is 7.25. The van der Waals surface area contributed by atoms with Crippen molar-refractivity contribution in [3.05, 3.63) is 47.4 Å².